The molecule has 2 heterocycles. The Morgan fingerprint density at radius 1 is 1.45 bits per heavy atom. The Kier molecular flexibility index (Phi) is 4.24. The third-order valence-corrected chi connectivity index (χ3v) is 5.02. The first-order chi connectivity index (χ1) is 10.1. The van der Waals surface area contributed by atoms with Crippen molar-refractivity contribution in [1.82, 2.24) is 19.7 Å². The maximum absolute atomic E-state index is 12.4. The van der Waals surface area contributed by atoms with E-state index in [0.29, 0.717) is 11.3 Å². The summed E-state index contributed by atoms with van der Waals surface area (Å²) in [5.41, 5.74) is -1.91. The highest BCUT2D eigenvalue weighted by Crippen LogP contribution is 2.30. The standard InChI is InChI=1S/C10H9F3N4O3S2/c1-2-3-17-8(18)15-16-9(17)22(19,20)5-7-14-6(4-21-7)10(11,12)13/h2,4H,1,3,5H2,(H,15,18). The molecule has 22 heavy (non-hydrogen) atoms. The van der Waals surface area contributed by atoms with Crippen LogP contribution < -0.4 is 5.69 Å². The van der Waals surface area contributed by atoms with Gasteiger partial charge < -0.3 is 0 Å². The van der Waals surface area contributed by atoms with Gasteiger partial charge in [0.15, 0.2) is 5.69 Å². The summed E-state index contributed by atoms with van der Waals surface area (Å²) in [4.78, 5) is 14.7. The summed E-state index contributed by atoms with van der Waals surface area (Å²) >= 11 is 0.568. The smallest absolute Gasteiger partial charge is 0.262 e. The molecule has 0 aliphatic carbocycles. The lowest BCUT2D eigenvalue weighted by molar-refractivity contribution is -0.140. The number of thiazole rings is 1. The number of halogens is 3. The summed E-state index contributed by atoms with van der Waals surface area (Å²) in [5.74, 6) is -0.783. The van der Waals surface area contributed by atoms with Gasteiger partial charge in [-0.1, -0.05) is 6.08 Å². The number of sulfone groups is 1. The van der Waals surface area contributed by atoms with Crippen molar-refractivity contribution in [2.75, 3.05) is 0 Å². The van der Waals surface area contributed by atoms with Crippen molar-refractivity contribution in [2.24, 2.45) is 0 Å². The molecule has 0 amide bonds. The van der Waals surface area contributed by atoms with Crippen LogP contribution in [0, 0.1) is 0 Å². The summed E-state index contributed by atoms with van der Waals surface area (Å²) < 4.78 is 62.5. The summed E-state index contributed by atoms with van der Waals surface area (Å²) in [6, 6.07) is 0. The molecular weight excluding hydrogens is 345 g/mol. The van der Waals surface area contributed by atoms with Gasteiger partial charge in [0.2, 0.25) is 9.84 Å². The number of nitrogens with one attached hydrogen (secondary N) is 1. The van der Waals surface area contributed by atoms with Crippen molar-refractivity contribution in [3.05, 3.63) is 39.2 Å². The molecule has 0 bridgehead atoms. The van der Waals surface area contributed by atoms with E-state index >= 15 is 0 Å². The predicted molar refractivity (Wildman–Crippen MR) is 71.1 cm³/mol. The number of alkyl halides is 3. The van der Waals surface area contributed by atoms with Crippen LogP contribution in [0.5, 0.6) is 0 Å². The number of aromatic amines is 1. The van der Waals surface area contributed by atoms with Crippen molar-refractivity contribution in [2.45, 2.75) is 23.6 Å². The number of allylic oxidation sites excluding steroid dienone is 1. The number of aromatic nitrogens is 4. The Morgan fingerprint density at radius 2 is 2.14 bits per heavy atom. The van der Waals surface area contributed by atoms with Crippen LogP contribution in [-0.2, 0) is 28.3 Å². The van der Waals surface area contributed by atoms with E-state index in [2.05, 4.69) is 16.7 Å². The Hall–Kier alpha value is -1.95. The molecule has 0 aromatic carbocycles. The third kappa shape index (κ3) is 3.27. The predicted octanol–water partition coefficient (Wildman–Crippen LogP) is 1.21. The number of H-pyrrole nitrogens is 1. The number of hydrogen-bond donors (Lipinski definition) is 1. The molecule has 0 radical (unpaired) electrons. The van der Waals surface area contributed by atoms with Crippen LogP contribution in [0.3, 0.4) is 0 Å². The van der Waals surface area contributed by atoms with Crippen molar-refractivity contribution < 1.29 is 21.6 Å². The Bertz CT molecular complexity index is 847. The normalized spacial score (nSPS) is 12.5. The van der Waals surface area contributed by atoms with Crippen molar-refractivity contribution in [3.63, 3.8) is 0 Å². The molecule has 2 aromatic rings. The first-order valence-corrected chi connectivity index (χ1v) is 8.19. The van der Waals surface area contributed by atoms with Crippen molar-refractivity contribution in [1.29, 1.82) is 0 Å². The number of rotatable bonds is 5. The zero-order chi connectivity index (χ0) is 16.5. The summed E-state index contributed by atoms with van der Waals surface area (Å²) in [6.07, 6.45) is -3.35. The van der Waals surface area contributed by atoms with Gasteiger partial charge in [0, 0.05) is 11.9 Å². The minimum atomic E-state index is -4.64. The molecule has 2 rings (SSSR count). The monoisotopic (exact) mass is 354 g/mol. The average molecular weight is 354 g/mol. The van der Waals surface area contributed by atoms with Gasteiger partial charge >= 0.3 is 11.9 Å². The van der Waals surface area contributed by atoms with Gasteiger partial charge in [0.1, 0.15) is 10.8 Å². The summed E-state index contributed by atoms with van der Waals surface area (Å²) in [7, 11) is -4.12. The molecule has 0 aliphatic rings. The van der Waals surface area contributed by atoms with Crippen LogP contribution in [0.4, 0.5) is 13.2 Å². The van der Waals surface area contributed by atoms with Gasteiger partial charge in [-0.2, -0.15) is 13.2 Å². The Morgan fingerprint density at radius 3 is 2.68 bits per heavy atom. The molecule has 12 heteroatoms. The fourth-order valence-electron chi connectivity index (χ4n) is 1.57. The van der Waals surface area contributed by atoms with E-state index in [0.717, 1.165) is 9.95 Å². The van der Waals surface area contributed by atoms with Crippen LogP contribution in [-0.4, -0.2) is 28.2 Å². The molecule has 0 atom stereocenters. The van der Waals surface area contributed by atoms with E-state index in [-0.39, 0.29) is 11.6 Å². The second-order valence-electron chi connectivity index (χ2n) is 4.09. The molecule has 120 valence electrons. The minimum absolute atomic E-state index is 0.102. The quantitative estimate of drug-likeness (QED) is 0.814. The van der Waals surface area contributed by atoms with Crippen LogP contribution in [0.2, 0.25) is 0 Å². The molecule has 2 aromatic heterocycles. The molecule has 0 unspecified atom stereocenters. The first-order valence-electron chi connectivity index (χ1n) is 5.65. The summed E-state index contributed by atoms with van der Waals surface area (Å²) in [5, 5.41) is 5.30. The Balaban J connectivity index is 2.34. The highest BCUT2D eigenvalue weighted by molar-refractivity contribution is 7.90. The molecule has 1 N–H and O–H groups in total. The van der Waals surface area contributed by atoms with E-state index in [1.54, 1.807) is 0 Å². The first kappa shape index (κ1) is 16.4. The Labute approximate surface area is 126 Å². The second kappa shape index (κ2) is 5.68. The lowest BCUT2D eigenvalue weighted by Crippen LogP contribution is -2.21. The molecule has 0 saturated carbocycles. The van der Waals surface area contributed by atoms with Crippen molar-refractivity contribution >= 4 is 21.2 Å². The molecular formula is C10H9F3N4O3S2. The topological polar surface area (TPSA) is 97.7 Å². The zero-order valence-corrected chi connectivity index (χ0v) is 12.4. The minimum Gasteiger partial charge on any atom is -0.262 e. The van der Waals surface area contributed by atoms with Crippen molar-refractivity contribution in [3.8, 4) is 0 Å². The zero-order valence-electron chi connectivity index (χ0n) is 10.8. The van der Waals surface area contributed by atoms with Gasteiger partial charge in [-0.15, -0.1) is 23.0 Å². The maximum atomic E-state index is 12.4. The van der Waals surface area contributed by atoms with Gasteiger partial charge in [-0.25, -0.2) is 23.3 Å². The van der Waals surface area contributed by atoms with Gasteiger partial charge in [-0.05, 0) is 0 Å². The van der Waals surface area contributed by atoms with Gasteiger partial charge in [0.25, 0.3) is 5.16 Å². The highest BCUT2D eigenvalue weighted by Gasteiger charge is 2.34. The van der Waals surface area contributed by atoms with Crippen LogP contribution >= 0.6 is 11.3 Å². The van der Waals surface area contributed by atoms with E-state index in [9.17, 15) is 26.4 Å². The van der Waals surface area contributed by atoms with Crippen LogP contribution in [0.25, 0.3) is 0 Å². The fraction of sp³-hybridized carbons (Fsp3) is 0.300. The lowest BCUT2D eigenvalue weighted by Gasteiger charge is -2.03. The van der Waals surface area contributed by atoms with E-state index in [1.807, 2.05) is 5.10 Å². The lowest BCUT2D eigenvalue weighted by atomic mass is 10.5. The summed E-state index contributed by atoms with van der Waals surface area (Å²) in [6.45, 7) is 3.28. The molecule has 0 saturated heterocycles. The maximum Gasteiger partial charge on any atom is 0.434 e. The molecule has 0 fully saturated rings. The number of hydrogen-bond acceptors (Lipinski definition) is 6. The van der Waals surface area contributed by atoms with E-state index < -0.39 is 38.3 Å². The molecule has 0 aliphatic heterocycles. The van der Waals surface area contributed by atoms with Crippen LogP contribution in [0.1, 0.15) is 10.7 Å². The van der Waals surface area contributed by atoms with E-state index in [4.69, 9.17) is 0 Å². The average Bonchev–Trinajstić information content (AvgIpc) is 2.97. The van der Waals surface area contributed by atoms with E-state index in [1.165, 1.54) is 6.08 Å². The fourth-order valence-corrected chi connectivity index (χ4v) is 4.08. The third-order valence-electron chi connectivity index (χ3n) is 2.47. The number of nitrogens with zero attached hydrogens (tertiary/aromatic N) is 3. The van der Waals surface area contributed by atoms with Gasteiger partial charge in [0.05, 0.1) is 0 Å². The second-order valence-corrected chi connectivity index (χ2v) is 6.92. The van der Waals surface area contributed by atoms with Gasteiger partial charge in [-0.3, -0.25) is 4.57 Å². The molecule has 7 nitrogen and oxygen atoms in total. The highest BCUT2D eigenvalue weighted by atomic mass is 32.2. The SMILES string of the molecule is C=CCn1c(S(=O)(=O)Cc2nc(C(F)(F)F)cs2)n[nH]c1=O. The largest absolute Gasteiger partial charge is 0.434 e. The van der Waals surface area contributed by atoms with Crippen LogP contribution in [0.15, 0.2) is 28.0 Å². The molecule has 0 spiro atoms.